The van der Waals surface area contributed by atoms with Gasteiger partial charge in [-0.25, -0.2) is 0 Å². The second kappa shape index (κ2) is 14.4. The van der Waals surface area contributed by atoms with E-state index in [-0.39, 0.29) is 0 Å². The second-order valence-corrected chi connectivity index (χ2v) is 14.9. The highest BCUT2D eigenvalue weighted by Gasteiger charge is 2.20. The average Bonchev–Trinajstić information content (AvgIpc) is 3.78. The fourth-order valence-corrected chi connectivity index (χ4v) is 9.17. The SMILES string of the molecule is C/C=C\c1cc(N(c2ccc(-c3ccccc3)cc2)c2ccc3c(c2)c2cc4c(ccc5sc6ccccc6c54)cc2n3-c2ccccc2)ccc1C.CC. The Bertz CT molecular complexity index is 3000. The van der Waals surface area contributed by atoms with Gasteiger partial charge < -0.3 is 9.47 Å². The minimum Gasteiger partial charge on any atom is -0.310 e. The van der Waals surface area contributed by atoms with Crippen molar-refractivity contribution in [2.45, 2.75) is 27.7 Å². The Morgan fingerprint density at radius 1 is 0.509 bits per heavy atom. The van der Waals surface area contributed by atoms with Gasteiger partial charge in [-0.3, -0.25) is 0 Å². The van der Waals surface area contributed by atoms with Crippen molar-refractivity contribution < 1.29 is 0 Å². The van der Waals surface area contributed by atoms with Gasteiger partial charge >= 0.3 is 0 Å². The van der Waals surface area contributed by atoms with Crippen LogP contribution in [-0.2, 0) is 0 Å². The summed E-state index contributed by atoms with van der Waals surface area (Å²) in [7, 11) is 0. The number of rotatable bonds is 6. The van der Waals surface area contributed by atoms with Crippen molar-refractivity contribution in [2.24, 2.45) is 0 Å². The summed E-state index contributed by atoms with van der Waals surface area (Å²) in [5.41, 5.74) is 11.8. The van der Waals surface area contributed by atoms with E-state index in [4.69, 9.17) is 0 Å². The number of aryl methyl sites for hydroxylation is 1. The summed E-state index contributed by atoms with van der Waals surface area (Å²) >= 11 is 1.88. The van der Waals surface area contributed by atoms with Crippen LogP contribution in [0.1, 0.15) is 31.9 Å². The zero-order valence-electron chi connectivity index (χ0n) is 31.6. The smallest absolute Gasteiger partial charge is 0.0547 e. The van der Waals surface area contributed by atoms with Gasteiger partial charge in [0.2, 0.25) is 0 Å². The summed E-state index contributed by atoms with van der Waals surface area (Å²) in [5.74, 6) is 0. The van der Waals surface area contributed by atoms with Crippen LogP contribution in [0.25, 0.3) is 75.6 Å². The molecule has 0 atom stereocenters. The van der Waals surface area contributed by atoms with Crippen LogP contribution in [0, 0.1) is 6.92 Å². The van der Waals surface area contributed by atoms with Crippen molar-refractivity contribution in [3.63, 3.8) is 0 Å². The lowest BCUT2D eigenvalue weighted by atomic mass is 10.0. The van der Waals surface area contributed by atoms with E-state index >= 15 is 0 Å². The molecule has 0 N–H and O–H groups in total. The maximum Gasteiger partial charge on any atom is 0.0547 e. The molecule has 0 bridgehead atoms. The van der Waals surface area contributed by atoms with Crippen molar-refractivity contribution >= 4 is 87.2 Å². The standard InChI is InChI=1S/C50H36N2S.C2H6/c1-3-12-36-29-40(23-19-33(36)2)51(39-24-20-35(21-25-39)34-13-6-4-7-14-34)41-26-27-46-44(31-41)45-32-43-37(30-47(45)52(46)38-15-8-5-9-16-38)22-28-49-50(43)42-17-10-11-18-48(42)53-49;1-2/h3-32H,1-2H3;1-2H3/b12-3-;. The van der Waals surface area contributed by atoms with Gasteiger partial charge in [0.1, 0.15) is 0 Å². The topological polar surface area (TPSA) is 8.17 Å². The highest BCUT2D eigenvalue weighted by molar-refractivity contribution is 7.26. The first-order valence-electron chi connectivity index (χ1n) is 19.2. The number of para-hydroxylation sites is 1. The lowest BCUT2D eigenvalue weighted by molar-refractivity contribution is 1.18. The Hall–Kier alpha value is -6.42. The van der Waals surface area contributed by atoms with Crippen LogP contribution >= 0.6 is 11.3 Å². The number of fused-ring (bicyclic) bond motifs is 8. The van der Waals surface area contributed by atoms with E-state index in [1.807, 2.05) is 25.2 Å². The van der Waals surface area contributed by atoms with Crippen molar-refractivity contribution in [3.05, 3.63) is 187 Å². The molecule has 3 heteroatoms. The predicted molar refractivity (Wildman–Crippen MR) is 242 cm³/mol. The molecule has 0 aliphatic heterocycles. The van der Waals surface area contributed by atoms with Crippen molar-refractivity contribution in [3.8, 4) is 16.8 Å². The van der Waals surface area contributed by atoms with Crippen LogP contribution < -0.4 is 4.90 Å². The van der Waals surface area contributed by atoms with Gasteiger partial charge in [0.15, 0.2) is 0 Å². The lowest BCUT2D eigenvalue weighted by Crippen LogP contribution is -2.10. The third-order valence-corrected chi connectivity index (χ3v) is 11.7. The highest BCUT2D eigenvalue weighted by Crippen LogP contribution is 2.44. The monoisotopic (exact) mass is 726 g/mol. The van der Waals surface area contributed by atoms with Gasteiger partial charge in [0.25, 0.3) is 0 Å². The second-order valence-electron chi connectivity index (χ2n) is 13.8. The molecule has 10 rings (SSSR count). The molecule has 0 saturated carbocycles. The van der Waals surface area contributed by atoms with Gasteiger partial charge in [-0.1, -0.05) is 117 Å². The largest absolute Gasteiger partial charge is 0.310 e. The fraction of sp³-hybridized carbons (Fsp3) is 0.0769. The van der Waals surface area contributed by atoms with E-state index in [0.29, 0.717) is 0 Å². The first-order valence-corrected chi connectivity index (χ1v) is 20.0. The zero-order chi connectivity index (χ0) is 37.5. The van der Waals surface area contributed by atoms with Crippen LogP contribution in [0.3, 0.4) is 0 Å². The lowest BCUT2D eigenvalue weighted by Gasteiger charge is -2.26. The molecule has 8 aromatic carbocycles. The predicted octanol–water partition coefficient (Wildman–Crippen LogP) is 15.8. The molecule has 0 unspecified atom stereocenters. The Kier molecular flexibility index (Phi) is 9.01. The maximum atomic E-state index is 2.45. The third-order valence-electron chi connectivity index (χ3n) is 10.6. The minimum absolute atomic E-state index is 1.11. The maximum absolute atomic E-state index is 2.45. The number of benzene rings is 8. The molecule has 0 amide bonds. The van der Waals surface area contributed by atoms with E-state index in [1.54, 1.807) is 0 Å². The number of hydrogen-bond donors (Lipinski definition) is 0. The van der Waals surface area contributed by atoms with Crippen LogP contribution in [0.2, 0.25) is 0 Å². The number of thiophene rings is 1. The summed E-state index contributed by atoms with van der Waals surface area (Å²) in [6.07, 6.45) is 4.32. The quantitative estimate of drug-likeness (QED) is 0.166. The average molecular weight is 727 g/mol. The van der Waals surface area contributed by atoms with Gasteiger partial charge in [-0.05, 0) is 126 Å². The molecule has 0 spiro atoms. The number of allylic oxidation sites excluding steroid dienone is 1. The van der Waals surface area contributed by atoms with Gasteiger partial charge in [0, 0.05) is 53.7 Å². The molecule has 2 nitrogen and oxygen atoms in total. The van der Waals surface area contributed by atoms with E-state index in [2.05, 4.69) is 205 Å². The van der Waals surface area contributed by atoms with Crippen LogP contribution in [0.15, 0.2) is 176 Å². The number of hydrogen-bond acceptors (Lipinski definition) is 2. The van der Waals surface area contributed by atoms with Gasteiger partial charge in [-0.2, -0.15) is 0 Å². The summed E-state index contributed by atoms with van der Waals surface area (Å²) in [5, 5.41) is 7.70. The molecular formula is C52H42N2S. The molecule has 0 aliphatic carbocycles. The molecular weight excluding hydrogens is 685 g/mol. The Morgan fingerprint density at radius 3 is 1.95 bits per heavy atom. The molecule has 10 aromatic rings. The molecule has 2 heterocycles. The van der Waals surface area contributed by atoms with E-state index < -0.39 is 0 Å². The van der Waals surface area contributed by atoms with Gasteiger partial charge in [0.05, 0.1) is 11.0 Å². The van der Waals surface area contributed by atoms with Crippen LogP contribution in [0.5, 0.6) is 0 Å². The van der Waals surface area contributed by atoms with Crippen LogP contribution in [0.4, 0.5) is 17.1 Å². The summed E-state index contributed by atoms with van der Waals surface area (Å²) in [6.45, 7) is 8.26. The molecule has 0 saturated heterocycles. The molecule has 0 fully saturated rings. The third kappa shape index (κ3) is 5.98. The number of nitrogens with zero attached hydrogens (tertiary/aromatic N) is 2. The first-order chi connectivity index (χ1) is 27.1. The zero-order valence-corrected chi connectivity index (χ0v) is 32.4. The van der Waals surface area contributed by atoms with E-state index in [1.165, 1.54) is 75.0 Å². The van der Waals surface area contributed by atoms with E-state index in [0.717, 1.165) is 22.7 Å². The molecule has 266 valence electrons. The Morgan fingerprint density at radius 2 is 1.16 bits per heavy atom. The number of aromatic nitrogens is 1. The molecule has 0 aliphatic rings. The normalized spacial score (nSPS) is 11.6. The molecule has 55 heavy (non-hydrogen) atoms. The Labute approximate surface area is 326 Å². The van der Waals surface area contributed by atoms with Crippen molar-refractivity contribution in [2.75, 3.05) is 4.90 Å². The van der Waals surface area contributed by atoms with E-state index in [9.17, 15) is 0 Å². The first kappa shape index (κ1) is 34.4. The Balaban J connectivity index is 0.00000195. The summed E-state index contributed by atoms with van der Waals surface area (Å²) in [4.78, 5) is 2.40. The fourth-order valence-electron chi connectivity index (χ4n) is 8.05. The van der Waals surface area contributed by atoms with Crippen LogP contribution in [-0.4, -0.2) is 4.57 Å². The molecule has 2 aromatic heterocycles. The van der Waals surface area contributed by atoms with Crippen molar-refractivity contribution in [1.29, 1.82) is 0 Å². The summed E-state index contributed by atoms with van der Waals surface area (Å²) in [6, 6.07) is 62.4. The summed E-state index contributed by atoms with van der Waals surface area (Å²) < 4.78 is 5.08. The van der Waals surface area contributed by atoms with Gasteiger partial charge in [-0.15, -0.1) is 11.3 Å². The number of anilines is 3. The minimum atomic E-state index is 1.11. The highest BCUT2D eigenvalue weighted by atomic mass is 32.1. The molecule has 0 radical (unpaired) electrons. The van der Waals surface area contributed by atoms with Crippen molar-refractivity contribution in [1.82, 2.24) is 4.57 Å².